The van der Waals surface area contributed by atoms with Gasteiger partial charge in [0, 0.05) is 43.7 Å². The Morgan fingerprint density at radius 1 is 1.28 bits per heavy atom. The van der Waals surface area contributed by atoms with Crippen LogP contribution in [-0.2, 0) is 0 Å². The van der Waals surface area contributed by atoms with Gasteiger partial charge in [0.15, 0.2) is 0 Å². The number of rotatable bonds is 1. The maximum absolute atomic E-state index is 5.95. The van der Waals surface area contributed by atoms with Crippen molar-refractivity contribution in [2.75, 3.05) is 32.8 Å². The van der Waals surface area contributed by atoms with Crippen LogP contribution in [0.1, 0.15) is 24.1 Å². The van der Waals surface area contributed by atoms with Crippen molar-refractivity contribution < 1.29 is 4.74 Å². The van der Waals surface area contributed by atoms with Crippen molar-refractivity contribution in [3.8, 4) is 5.75 Å². The van der Waals surface area contributed by atoms with Crippen molar-refractivity contribution >= 4 is 0 Å². The molecule has 1 fully saturated rings. The molecule has 0 amide bonds. The lowest BCUT2D eigenvalue weighted by Gasteiger charge is -2.42. The van der Waals surface area contributed by atoms with Crippen LogP contribution in [0, 0.1) is 12.8 Å². The number of benzene rings is 1. The Labute approximate surface area is 109 Å². The number of hydrogen-bond donors (Lipinski definition) is 1. The zero-order valence-electron chi connectivity index (χ0n) is 11.3. The van der Waals surface area contributed by atoms with Gasteiger partial charge in [-0.05, 0) is 12.5 Å². The molecular weight excluding hydrogens is 224 g/mol. The third kappa shape index (κ3) is 2.02. The minimum absolute atomic E-state index is 0.524. The molecule has 2 atom stereocenters. The molecule has 1 aromatic rings. The van der Waals surface area contributed by atoms with E-state index in [1.807, 2.05) is 0 Å². The molecule has 18 heavy (non-hydrogen) atoms. The van der Waals surface area contributed by atoms with Crippen molar-refractivity contribution in [1.29, 1.82) is 0 Å². The second kappa shape index (κ2) is 4.90. The first-order chi connectivity index (χ1) is 8.77. The number of fused-ring (bicyclic) bond motifs is 1. The molecule has 1 saturated heterocycles. The smallest absolute Gasteiger partial charge is 0.127 e. The van der Waals surface area contributed by atoms with Crippen molar-refractivity contribution in [3.05, 3.63) is 29.3 Å². The first-order valence-corrected chi connectivity index (χ1v) is 6.94. The van der Waals surface area contributed by atoms with Crippen LogP contribution in [0.15, 0.2) is 18.2 Å². The number of aryl methyl sites for hydroxylation is 1. The van der Waals surface area contributed by atoms with Crippen LogP contribution >= 0.6 is 0 Å². The first kappa shape index (κ1) is 12.0. The van der Waals surface area contributed by atoms with Gasteiger partial charge in [-0.1, -0.05) is 25.1 Å². The molecule has 3 nitrogen and oxygen atoms in total. The fourth-order valence-electron chi connectivity index (χ4n) is 3.23. The number of hydrogen-bond acceptors (Lipinski definition) is 3. The highest BCUT2D eigenvalue weighted by Crippen LogP contribution is 2.40. The molecule has 1 aromatic carbocycles. The van der Waals surface area contributed by atoms with E-state index in [0.717, 1.165) is 38.5 Å². The molecule has 0 radical (unpaired) electrons. The van der Waals surface area contributed by atoms with E-state index < -0.39 is 0 Å². The summed E-state index contributed by atoms with van der Waals surface area (Å²) in [6.45, 7) is 9.77. The maximum Gasteiger partial charge on any atom is 0.127 e. The second-order valence-electron chi connectivity index (χ2n) is 5.51. The van der Waals surface area contributed by atoms with Gasteiger partial charge in [-0.15, -0.1) is 0 Å². The molecule has 98 valence electrons. The van der Waals surface area contributed by atoms with Gasteiger partial charge in [-0.25, -0.2) is 0 Å². The van der Waals surface area contributed by atoms with Gasteiger partial charge in [-0.2, -0.15) is 0 Å². The molecule has 1 N–H and O–H groups in total. The van der Waals surface area contributed by atoms with Crippen LogP contribution in [0.4, 0.5) is 0 Å². The van der Waals surface area contributed by atoms with Crippen LogP contribution in [0.5, 0.6) is 5.75 Å². The summed E-state index contributed by atoms with van der Waals surface area (Å²) in [6.07, 6.45) is 0. The largest absolute Gasteiger partial charge is 0.493 e. The highest BCUT2D eigenvalue weighted by atomic mass is 16.5. The lowest BCUT2D eigenvalue weighted by atomic mass is 9.89. The van der Waals surface area contributed by atoms with Gasteiger partial charge < -0.3 is 10.1 Å². The summed E-state index contributed by atoms with van der Waals surface area (Å²) < 4.78 is 5.95. The highest BCUT2D eigenvalue weighted by Gasteiger charge is 2.33. The van der Waals surface area contributed by atoms with Gasteiger partial charge >= 0.3 is 0 Å². The van der Waals surface area contributed by atoms with Gasteiger partial charge in [-0.3, -0.25) is 4.90 Å². The number of nitrogens with zero attached hydrogens (tertiary/aromatic N) is 1. The Morgan fingerprint density at radius 3 is 2.83 bits per heavy atom. The molecule has 2 heterocycles. The summed E-state index contributed by atoms with van der Waals surface area (Å²) in [4.78, 5) is 2.61. The molecule has 2 unspecified atom stereocenters. The summed E-state index contributed by atoms with van der Waals surface area (Å²) in [5.41, 5.74) is 2.65. The van der Waals surface area contributed by atoms with E-state index in [4.69, 9.17) is 4.74 Å². The van der Waals surface area contributed by atoms with E-state index in [2.05, 4.69) is 42.3 Å². The van der Waals surface area contributed by atoms with Crippen LogP contribution in [0.2, 0.25) is 0 Å². The van der Waals surface area contributed by atoms with Crippen molar-refractivity contribution in [1.82, 2.24) is 10.2 Å². The molecule has 2 aliphatic heterocycles. The molecule has 3 heteroatoms. The lowest BCUT2D eigenvalue weighted by molar-refractivity contribution is 0.0797. The van der Waals surface area contributed by atoms with Crippen molar-refractivity contribution in [2.24, 2.45) is 5.92 Å². The predicted molar refractivity (Wildman–Crippen MR) is 73.0 cm³/mol. The Morgan fingerprint density at radius 2 is 2.06 bits per heavy atom. The van der Waals surface area contributed by atoms with Crippen LogP contribution in [0.25, 0.3) is 0 Å². The average Bonchev–Trinajstić information content (AvgIpc) is 2.40. The normalized spacial score (nSPS) is 28.6. The standard InChI is InChI=1S/C15H22N2O/c1-11-4-3-5-13-14(12(2)10-18-15(11)13)17-8-6-16-7-9-17/h3-5,12,14,16H,6-10H2,1-2H3. The topological polar surface area (TPSA) is 24.5 Å². The van der Waals surface area contributed by atoms with Crippen LogP contribution in [-0.4, -0.2) is 37.7 Å². The fourth-order valence-corrected chi connectivity index (χ4v) is 3.23. The summed E-state index contributed by atoms with van der Waals surface area (Å²) in [5.74, 6) is 1.69. The number of nitrogens with one attached hydrogen (secondary N) is 1. The zero-order chi connectivity index (χ0) is 12.5. The van der Waals surface area contributed by atoms with Crippen LogP contribution in [0.3, 0.4) is 0 Å². The van der Waals surface area contributed by atoms with E-state index >= 15 is 0 Å². The third-order valence-corrected chi connectivity index (χ3v) is 4.14. The zero-order valence-corrected chi connectivity index (χ0v) is 11.3. The van der Waals surface area contributed by atoms with Gasteiger partial charge in [0.05, 0.1) is 6.61 Å². The Bertz CT molecular complexity index is 427. The summed E-state index contributed by atoms with van der Waals surface area (Å²) in [7, 11) is 0. The van der Waals surface area contributed by atoms with Gasteiger partial charge in [0.25, 0.3) is 0 Å². The monoisotopic (exact) mass is 246 g/mol. The molecule has 0 saturated carbocycles. The minimum Gasteiger partial charge on any atom is -0.493 e. The van der Waals surface area contributed by atoms with E-state index in [-0.39, 0.29) is 0 Å². The van der Waals surface area contributed by atoms with E-state index in [1.54, 1.807) is 0 Å². The molecular formula is C15H22N2O. The molecule has 0 bridgehead atoms. The summed E-state index contributed by atoms with van der Waals surface area (Å²) in [6, 6.07) is 7.06. The van der Waals surface area contributed by atoms with Crippen molar-refractivity contribution in [3.63, 3.8) is 0 Å². The SMILES string of the molecule is Cc1cccc2c1OCC(C)C2N1CCNCC1. The first-order valence-electron chi connectivity index (χ1n) is 6.94. The van der Waals surface area contributed by atoms with Crippen LogP contribution < -0.4 is 10.1 Å². The van der Waals surface area contributed by atoms with Crippen molar-refractivity contribution in [2.45, 2.75) is 19.9 Å². The number of para-hydroxylation sites is 1. The van der Waals surface area contributed by atoms with E-state index in [1.165, 1.54) is 11.1 Å². The quantitative estimate of drug-likeness (QED) is 0.820. The summed E-state index contributed by atoms with van der Waals surface area (Å²) in [5, 5.41) is 3.43. The Hall–Kier alpha value is -1.06. The predicted octanol–water partition coefficient (Wildman–Crippen LogP) is 1.97. The van der Waals surface area contributed by atoms with E-state index in [0.29, 0.717) is 12.0 Å². The lowest BCUT2D eigenvalue weighted by Crippen LogP contribution is -2.48. The fraction of sp³-hybridized carbons (Fsp3) is 0.600. The highest BCUT2D eigenvalue weighted by molar-refractivity contribution is 5.44. The third-order valence-electron chi connectivity index (χ3n) is 4.14. The Kier molecular flexibility index (Phi) is 3.27. The number of ether oxygens (including phenoxy) is 1. The van der Waals surface area contributed by atoms with E-state index in [9.17, 15) is 0 Å². The average molecular weight is 246 g/mol. The molecule has 3 rings (SSSR count). The molecule has 0 spiro atoms. The van der Waals surface area contributed by atoms with Gasteiger partial charge in [0.1, 0.15) is 5.75 Å². The molecule has 0 aromatic heterocycles. The Balaban J connectivity index is 1.96. The number of piperazine rings is 1. The molecule has 2 aliphatic rings. The maximum atomic E-state index is 5.95. The van der Waals surface area contributed by atoms with Gasteiger partial charge in [0.2, 0.25) is 0 Å². The second-order valence-corrected chi connectivity index (χ2v) is 5.51. The molecule has 0 aliphatic carbocycles. The minimum atomic E-state index is 0.524. The summed E-state index contributed by atoms with van der Waals surface area (Å²) >= 11 is 0.